The second-order valence-electron chi connectivity index (χ2n) is 11.8. The van der Waals surface area contributed by atoms with Crippen molar-refractivity contribution < 1.29 is 29.1 Å². The van der Waals surface area contributed by atoms with E-state index in [1.165, 1.54) is 17.4 Å². The minimum Gasteiger partial charge on any atom is -0.480 e. The fourth-order valence-electron chi connectivity index (χ4n) is 5.15. The average molecular weight is 612 g/mol. The van der Waals surface area contributed by atoms with Crippen LogP contribution in [-0.2, 0) is 36.8 Å². The quantitative estimate of drug-likeness (QED) is 0.169. The molecule has 2 heterocycles. The molecule has 1 fully saturated rings. The number of amides is 4. The Balaban J connectivity index is 1.79. The van der Waals surface area contributed by atoms with Gasteiger partial charge in [-0.1, -0.05) is 64.4 Å². The van der Waals surface area contributed by atoms with Gasteiger partial charge < -0.3 is 36.7 Å². The molecule has 1 aliphatic rings. The lowest BCUT2D eigenvalue weighted by Gasteiger charge is -2.31. The molecule has 3 rings (SSSR count). The number of carbonyl (C=O) groups excluding carboxylic acids is 4. The number of H-pyrrole nitrogens is 1. The molecular formula is C31H45N7O6. The van der Waals surface area contributed by atoms with Crippen molar-refractivity contribution in [1.29, 1.82) is 0 Å². The van der Waals surface area contributed by atoms with Crippen LogP contribution in [0.15, 0.2) is 42.9 Å². The molecule has 240 valence electrons. The molecule has 1 saturated heterocycles. The van der Waals surface area contributed by atoms with Gasteiger partial charge in [0.2, 0.25) is 23.6 Å². The molecule has 2 aromatic rings. The highest BCUT2D eigenvalue weighted by Gasteiger charge is 2.40. The summed E-state index contributed by atoms with van der Waals surface area (Å²) >= 11 is 0. The number of hydrogen-bond donors (Lipinski definition) is 6. The number of carboxylic acids is 1. The van der Waals surface area contributed by atoms with Gasteiger partial charge in [-0.3, -0.25) is 19.2 Å². The van der Waals surface area contributed by atoms with Crippen LogP contribution in [0.3, 0.4) is 0 Å². The molecule has 1 aromatic heterocycles. The van der Waals surface area contributed by atoms with Gasteiger partial charge >= 0.3 is 5.97 Å². The van der Waals surface area contributed by atoms with Gasteiger partial charge in [-0.15, -0.1) is 0 Å². The number of nitrogens with one attached hydrogen (secondary N) is 4. The van der Waals surface area contributed by atoms with Gasteiger partial charge in [0.15, 0.2) is 0 Å². The number of carboxylic acid groups (broad SMARTS) is 1. The van der Waals surface area contributed by atoms with Crippen LogP contribution in [0.25, 0.3) is 0 Å². The first kappa shape index (κ1) is 34.2. The van der Waals surface area contributed by atoms with Crippen molar-refractivity contribution in [3.8, 4) is 0 Å². The van der Waals surface area contributed by atoms with Crippen LogP contribution >= 0.6 is 0 Å². The summed E-state index contributed by atoms with van der Waals surface area (Å²) in [4.78, 5) is 74.1. The Hall–Kier alpha value is -4.26. The maximum atomic E-state index is 14.0. The number of nitrogens with two attached hydrogens (primary N) is 1. The molecule has 0 radical (unpaired) electrons. The SMILES string of the molecule is CCC(C)C(NC(=O)C(N)C(C)C)C(=O)NC(Cc1cnc[nH]1)C(=O)N1CCCC1C(=O)NC(Cc1ccccc1)C(=O)O. The molecule has 0 bridgehead atoms. The number of aromatic amines is 1. The lowest BCUT2D eigenvalue weighted by atomic mass is 9.96. The molecule has 7 N–H and O–H groups in total. The van der Waals surface area contributed by atoms with E-state index in [1.54, 1.807) is 24.3 Å². The summed E-state index contributed by atoms with van der Waals surface area (Å²) in [5.41, 5.74) is 7.36. The monoisotopic (exact) mass is 611 g/mol. The predicted molar refractivity (Wildman–Crippen MR) is 163 cm³/mol. The summed E-state index contributed by atoms with van der Waals surface area (Å²) in [5, 5.41) is 18.0. The maximum Gasteiger partial charge on any atom is 0.326 e. The van der Waals surface area contributed by atoms with E-state index < -0.39 is 59.8 Å². The number of carbonyl (C=O) groups is 5. The lowest BCUT2D eigenvalue weighted by molar-refractivity contribution is -0.145. The summed E-state index contributed by atoms with van der Waals surface area (Å²) in [6, 6.07) is 4.03. The molecular weight excluding hydrogens is 566 g/mol. The molecule has 6 atom stereocenters. The summed E-state index contributed by atoms with van der Waals surface area (Å²) in [6.45, 7) is 7.60. The first-order valence-corrected chi connectivity index (χ1v) is 15.1. The van der Waals surface area contributed by atoms with Crippen LogP contribution in [0.2, 0.25) is 0 Å². The molecule has 0 saturated carbocycles. The minimum absolute atomic E-state index is 0.0633. The Morgan fingerprint density at radius 3 is 2.32 bits per heavy atom. The standard InChI is InChI=1S/C31H45N7O6/c1-5-19(4)26(37-28(40)25(32)18(2)3)29(41)35-22(15-21-16-33-17-34-21)30(42)38-13-9-12-24(38)27(39)36-23(31(43)44)14-20-10-7-6-8-11-20/h6-8,10-11,16-19,22-26H,5,9,12-15,32H2,1-4H3,(H,33,34)(H,35,41)(H,36,39)(H,37,40)(H,43,44). The van der Waals surface area contributed by atoms with E-state index in [9.17, 15) is 29.1 Å². The van der Waals surface area contributed by atoms with Crippen molar-refractivity contribution in [3.05, 3.63) is 54.1 Å². The van der Waals surface area contributed by atoms with Gasteiger partial charge in [0.25, 0.3) is 0 Å². The van der Waals surface area contributed by atoms with Crippen LogP contribution in [-0.4, -0.2) is 86.3 Å². The van der Waals surface area contributed by atoms with Crippen molar-refractivity contribution in [2.24, 2.45) is 17.6 Å². The fraction of sp³-hybridized carbons (Fsp3) is 0.548. The third-order valence-corrected chi connectivity index (χ3v) is 8.14. The molecule has 4 amide bonds. The highest BCUT2D eigenvalue weighted by atomic mass is 16.4. The molecule has 1 aliphatic heterocycles. The predicted octanol–water partition coefficient (Wildman–Crippen LogP) is 0.754. The number of nitrogens with zero attached hydrogens (tertiary/aromatic N) is 2. The molecule has 1 aromatic carbocycles. The summed E-state index contributed by atoms with van der Waals surface area (Å²) in [6.07, 6.45) is 4.60. The zero-order valence-corrected chi connectivity index (χ0v) is 25.8. The Morgan fingerprint density at radius 1 is 1.02 bits per heavy atom. The Kier molecular flexibility index (Phi) is 12.4. The number of benzene rings is 1. The summed E-state index contributed by atoms with van der Waals surface area (Å²) < 4.78 is 0. The molecule has 44 heavy (non-hydrogen) atoms. The normalized spacial score (nSPS) is 18.1. The second-order valence-corrected chi connectivity index (χ2v) is 11.8. The van der Waals surface area contributed by atoms with Gasteiger partial charge in [-0.05, 0) is 30.2 Å². The maximum absolute atomic E-state index is 14.0. The van der Waals surface area contributed by atoms with Gasteiger partial charge in [-0.2, -0.15) is 0 Å². The van der Waals surface area contributed by atoms with Crippen molar-refractivity contribution in [3.63, 3.8) is 0 Å². The van der Waals surface area contributed by atoms with E-state index in [1.807, 2.05) is 33.8 Å². The number of imidazole rings is 1. The van der Waals surface area contributed by atoms with Crippen LogP contribution in [0, 0.1) is 11.8 Å². The third-order valence-electron chi connectivity index (χ3n) is 8.14. The minimum atomic E-state index is -1.18. The molecule has 6 unspecified atom stereocenters. The van der Waals surface area contributed by atoms with Crippen molar-refractivity contribution in [2.45, 2.75) is 90.0 Å². The third kappa shape index (κ3) is 9.12. The second kappa shape index (κ2) is 16.0. The lowest BCUT2D eigenvalue weighted by Crippen LogP contribution is -2.60. The summed E-state index contributed by atoms with van der Waals surface area (Å²) in [5.74, 6) is -3.65. The zero-order valence-electron chi connectivity index (χ0n) is 25.8. The molecule has 0 spiro atoms. The van der Waals surface area contributed by atoms with E-state index in [-0.39, 0.29) is 31.2 Å². The number of aromatic nitrogens is 2. The topological polar surface area (TPSA) is 200 Å². The van der Waals surface area contributed by atoms with E-state index in [4.69, 9.17) is 5.73 Å². The number of aliphatic carboxylic acids is 1. The highest BCUT2D eigenvalue weighted by molar-refractivity contribution is 5.96. The van der Waals surface area contributed by atoms with E-state index in [0.29, 0.717) is 25.0 Å². The number of hydrogen-bond acceptors (Lipinski definition) is 7. The number of rotatable bonds is 15. The molecule has 13 heteroatoms. The van der Waals surface area contributed by atoms with Gasteiger partial charge in [0, 0.05) is 31.3 Å². The fourth-order valence-corrected chi connectivity index (χ4v) is 5.15. The first-order valence-electron chi connectivity index (χ1n) is 15.1. The summed E-state index contributed by atoms with van der Waals surface area (Å²) in [7, 11) is 0. The van der Waals surface area contributed by atoms with E-state index >= 15 is 0 Å². The van der Waals surface area contributed by atoms with Gasteiger partial charge in [0.05, 0.1) is 12.4 Å². The van der Waals surface area contributed by atoms with Gasteiger partial charge in [-0.25, -0.2) is 9.78 Å². The molecule has 13 nitrogen and oxygen atoms in total. The Morgan fingerprint density at radius 2 is 1.73 bits per heavy atom. The van der Waals surface area contributed by atoms with Crippen LogP contribution < -0.4 is 21.7 Å². The van der Waals surface area contributed by atoms with E-state index in [0.717, 1.165) is 5.56 Å². The van der Waals surface area contributed by atoms with E-state index in [2.05, 4.69) is 25.9 Å². The van der Waals surface area contributed by atoms with Crippen LogP contribution in [0.4, 0.5) is 0 Å². The van der Waals surface area contributed by atoms with Crippen molar-refractivity contribution in [1.82, 2.24) is 30.8 Å². The van der Waals surface area contributed by atoms with Crippen LogP contribution in [0.5, 0.6) is 0 Å². The Bertz CT molecular complexity index is 1270. The van der Waals surface area contributed by atoms with Crippen molar-refractivity contribution in [2.75, 3.05) is 6.54 Å². The number of likely N-dealkylation sites (tertiary alicyclic amines) is 1. The molecule has 0 aliphatic carbocycles. The largest absolute Gasteiger partial charge is 0.480 e. The smallest absolute Gasteiger partial charge is 0.326 e. The van der Waals surface area contributed by atoms with Crippen molar-refractivity contribution >= 4 is 29.6 Å². The zero-order chi connectivity index (χ0) is 32.4. The van der Waals surface area contributed by atoms with Crippen LogP contribution in [0.1, 0.15) is 58.2 Å². The Labute approximate surface area is 257 Å². The average Bonchev–Trinajstić information content (AvgIpc) is 3.71. The highest BCUT2D eigenvalue weighted by Crippen LogP contribution is 2.21. The first-order chi connectivity index (χ1) is 20.9. The van der Waals surface area contributed by atoms with Gasteiger partial charge in [0.1, 0.15) is 24.2 Å².